The third kappa shape index (κ3) is 4.95. The first-order chi connectivity index (χ1) is 8.32. The molecule has 1 aromatic carbocycles. The summed E-state index contributed by atoms with van der Waals surface area (Å²) in [6.45, 7) is 9.62. The van der Waals surface area contributed by atoms with Crippen molar-refractivity contribution in [1.29, 1.82) is 0 Å². The lowest BCUT2D eigenvalue weighted by molar-refractivity contribution is 0.320. The lowest BCUT2D eigenvalue weighted by atomic mass is 9.82. The van der Waals surface area contributed by atoms with Crippen LogP contribution in [-0.4, -0.2) is 12.6 Å². The van der Waals surface area contributed by atoms with Crippen LogP contribution in [0.5, 0.6) is 0 Å². The second kappa shape index (κ2) is 6.53. The summed E-state index contributed by atoms with van der Waals surface area (Å²) in [4.78, 5) is 0. The monoisotopic (exact) mass is 271 g/mol. The standard InChI is InChI=1S/C15H23ClFN/c1-11(2)18-9-8-15(3,4)10-12-6-5-7-13(17)14(12)16/h5-7,11,18H,8-10H2,1-4H3. The fourth-order valence-corrected chi connectivity index (χ4v) is 2.18. The third-order valence-corrected chi connectivity index (χ3v) is 3.48. The molecule has 0 heterocycles. The Labute approximate surface area is 115 Å². The molecule has 1 rings (SSSR count). The summed E-state index contributed by atoms with van der Waals surface area (Å²) in [6.07, 6.45) is 1.83. The summed E-state index contributed by atoms with van der Waals surface area (Å²) in [5.74, 6) is -0.328. The van der Waals surface area contributed by atoms with E-state index in [1.807, 2.05) is 6.07 Å². The van der Waals surface area contributed by atoms with Gasteiger partial charge in [-0.25, -0.2) is 4.39 Å². The van der Waals surface area contributed by atoms with Crippen molar-refractivity contribution >= 4 is 11.6 Å². The van der Waals surface area contributed by atoms with Crippen molar-refractivity contribution in [3.05, 3.63) is 34.6 Å². The Morgan fingerprint density at radius 3 is 2.61 bits per heavy atom. The molecule has 0 aliphatic heterocycles. The summed E-state index contributed by atoms with van der Waals surface area (Å²) < 4.78 is 13.4. The second-order valence-corrected chi connectivity index (χ2v) is 6.29. The number of nitrogens with one attached hydrogen (secondary N) is 1. The van der Waals surface area contributed by atoms with E-state index >= 15 is 0 Å². The SMILES string of the molecule is CC(C)NCCC(C)(C)Cc1cccc(F)c1Cl. The van der Waals surface area contributed by atoms with Crippen LogP contribution in [0.15, 0.2) is 18.2 Å². The predicted octanol–water partition coefficient (Wildman–Crippen LogP) is 4.44. The summed E-state index contributed by atoms with van der Waals surface area (Å²) in [5, 5.41) is 3.67. The van der Waals surface area contributed by atoms with Crippen LogP contribution < -0.4 is 5.32 Å². The van der Waals surface area contributed by atoms with Gasteiger partial charge in [0.1, 0.15) is 5.82 Å². The van der Waals surface area contributed by atoms with Gasteiger partial charge in [-0.3, -0.25) is 0 Å². The van der Waals surface area contributed by atoms with Gasteiger partial charge in [0, 0.05) is 6.04 Å². The van der Waals surface area contributed by atoms with Gasteiger partial charge in [-0.05, 0) is 36.4 Å². The van der Waals surface area contributed by atoms with Crippen LogP contribution in [0.1, 0.15) is 39.7 Å². The summed E-state index contributed by atoms with van der Waals surface area (Å²) >= 11 is 5.99. The first-order valence-electron chi connectivity index (χ1n) is 6.48. The quantitative estimate of drug-likeness (QED) is 0.807. The molecule has 0 radical (unpaired) electrons. The Morgan fingerprint density at radius 1 is 1.33 bits per heavy atom. The molecule has 0 aromatic heterocycles. The summed E-state index contributed by atoms with van der Waals surface area (Å²) in [7, 11) is 0. The predicted molar refractivity (Wildman–Crippen MR) is 76.7 cm³/mol. The van der Waals surface area contributed by atoms with E-state index in [1.54, 1.807) is 6.07 Å². The fraction of sp³-hybridized carbons (Fsp3) is 0.600. The van der Waals surface area contributed by atoms with E-state index in [-0.39, 0.29) is 16.3 Å². The minimum atomic E-state index is -0.328. The molecular formula is C15H23ClFN. The van der Waals surface area contributed by atoms with Gasteiger partial charge in [-0.1, -0.05) is 51.4 Å². The molecular weight excluding hydrogens is 249 g/mol. The zero-order chi connectivity index (χ0) is 13.8. The van der Waals surface area contributed by atoms with Crippen LogP contribution in [0, 0.1) is 11.2 Å². The molecule has 0 aliphatic rings. The number of halogens is 2. The first kappa shape index (κ1) is 15.5. The highest BCUT2D eigenvalue weighted by Gasteiger charge is 2.20. The highest BCUT2D eigenvalue weighted by molar-refractivity contribution is 6.31. The fourth-order valence-electron chi connectivity index (χ4n) is 1.99. The molecule has 0 spiro atoms. The molecule has 0 atom stereocenters. The number of hydrogen-bond acceptors (Lipinski definition) is 1. The maximum absolute atomic E-state index is 13.4. The largest absolute Gasteiger partial charge is 0.315 e. The van der Waals surface area contributed by atoms with Crippen molar-refractivity contribution in [2.45, 2.75) is 46.6 Å². The van der Waals surface area contributed by atoms with Crippen LogP contribution in [0.2, 0.25) is 5.02 Å². The molecule has 1 aromatic rings. The highest BCUT2D eigenvalue weighted by atomic mass is 35.5. The van der Waals surface area contributed by atoms with Crippen LogP contribution in [0.25, 0.3) is 0 Å². The molecule has 18 heavy (non-hydrogen) atoms. The molecule has 0 saturated heterocycles. The zero-order valence-corrected chi connectivity index (χ0v) is 12.4. The van der Waals surface area contributed by atoms with Crippen LogP contribution in [-0.2, 0) is 6.42 Å². The van der Waals surface area contributed by atoms with Crippen LogP contribution >= 0.6 is 11.6 Å². The molecule has 0 saturated carbocycles. The van der Waals surface area contributed by atoms with Gasteiger partial charge < -0.3 is 5.32 Å². The molecule has 0 bridgehead atoms. The lowest BCUT2D eigenvalue weighted by Gasteiger charge is -2.26. The van der Waals surface area contributed by atoms with Crippen molar-refractivity contribution in [2.24, 2.45) is 5.41 Å². The van der Waals surface area contributed by atoms with Crippen molar-refractivity contribution in [3.63, 3.8) is 0 Å². The molecule has 0 unspecified atom stereocenters. The van der Waals surface area contributed by atoms with E-state index in [4.69, 9.17) is 11.6 Å². The molecule has 0 amide bonds. The van der Waals surface area contributed by atoms with E-state index in [2.05, 4.69) is 33.0 Å². The van der Waals surface area contributed by atoms with Gasteiger partial charge in [-0.15, -0.1) is 0 Å². The first-order valence-corrected chi connectivity index (χ1v) is 6.86. The van der Waals surface area contributed by atoms with E-state index in [0.717, 1.165) is 24.9 Å². The van der Waals surface area contributed by atoms with Gasteiger partial charge in [0.25, 0.3) is 0 Å². The van der Waals surface area contributed by atoms with Crippen molar-refractivity contribution in [2.75, 3.05) is 6.54 Å². The van der Waals surface area contributed by atoms with Crippen molar-refractivity contribution in [3.8, 4) is 0 Å². The Morgan fingerprint density at radius 2 is 2.00 bits per heavy atom. The zero-order valence-electron chi connectivity index (χ0n) is 11.7. The van der Waals surface area contributed by atoms with E-state index in [1.165, 1.54) is 6.07 Å². The topological polar surface area (TPSA) is 12.0 Å². The third-order valence-electron chi connectivity index (χ3n) is 3.05. The number of benzene rings is 1. The molecule has 3 heteroatoms. The average molecular weight is 272 g/mol. The van der Waals surface area contributed by atoms with Crippen LogP contribution in [0.3, 0.4) is 0 Å². The maximum atomic E-state index is 13.4. The Kier molecular flexibility index (Phi) is 5.61. The minimum Gasteiger partial charge on any atom is -0.315 e. The highest BCUT2D eigenvalue weighted by Crippen LogP contribution is 2.30. The second-order valence-electron chi connectivity index (χ2n) is 5.91. The van der Waals surface area contributed by atoms with Gasteiger partial charge in [-0.2, -0.15) is 0 Å². The van der Waals surface area contributed by atoms with Gasteiger partial charge >= 0.3 is 0 Å². The van der Waals surface area contributed by atoms with Gasteiger partial charge in [0.15, 0.2) is 0 Å². The molecule has 1 nitrogen and oxygen atoms in total. The Hall–Kier alpha value is -0.600. The smallest absolute Gasteiger partial charge is 0.142 e. The molecule has 0 fully saturated rings. The van der Waals surface area contributed by atoms with E-state index in [0.29, 0.717) is 6.04 Å². The van der Waals surface area contributed by atoms with E-state index < -0.39 is 0 Å². The Balaban J connectivity index is 2.61. The average Bonchev–Trinajstić information content (AvgIpc) is 2.23. The Bertz CT molecular complexity index is 388. The van der Waals surface area contributed by atoms with Crippen LogP contribution in [0.4, 0.5) is 4.39 Å². The maximum Gasteiger partial charge on any atom is 0.142 e. The summed E-state index contributed by atoms with van der Waals surface area (Å²) in [5.41, 5.74) is 1.01. The van der Waals surface area contributed by atoms with Gasteiger partial charge in [0.2, 0.25) is 0 Å². The number of rotatable bonds is 6. The summed E-state index contributed by atoms with van der Waals surface area (Å²) in [6, 6.07) is 5.53. The normalized spacial score (nSPS) is 12.2. The molecule has 102 valence electrons. The van der Waals surface area contributed by atoms with E-state index in [9.17, 15) is 4.39 Å². The van der Waals surface area contributed by atoms with Crippen molar-refractivity contribution < 1.29 is 4.39 Å². The molecule has 0 aliphatic carbocycles. The van der Waals surface area contributed by atoms with Gasteiger partial charge in [0.05, 0.1) is 5.02 Å². The number of hydrogen-bond donors (Lipinski definition) is 1. The molecule has 1 N–H and O–H groups in total. The lowest BCUT2D eigenvalue weighted by Crippen LogP contribution is -2.28. The minimum absolute atomic E-state index is 0.110. The van der Waals surface area contributed by atoms with Crippen molar-refractivity contribution in [1.82, 2.24) is 5.32 Å².